The maximum atomic E-state index is 13.3. The van der Waals surface area contributed by atoms with Crippen LogP contribution in [0.15, 0.2) is 60.9 Å². The second-order valence-corrected chi connectivity index (χ2v) is 11.5. The predicted octanol–water partition coefficient (Wildman–Crippen LogP) is 3.20. The molecule has 4 rings (SSSR count). The number of hydrogen-bond acceptors (Lipinski definition) is 11. The van der Waals surface area contributed by atoms with Crippen LogP contribution in [0.5, 0.6) is 11.5 Å². The summed E-state index contributed by atoms with van der Waals surface area (Å²) in [6, 6.07) is 13.8. The van der Waals surface area contributed by atoms with Crippen LogP contribution in [-0.4, -0.2) is 83.2 Å². The highest BCUT2D eigenvalue weighted by Crippen LogP contribution is 2.34. The van der Waals surface area contributed by atoms with Crippen LogP contribution in [0.25, 0.3) is 11.1 Å². The second kappa shape index (κ2) is 17.5. The van der Waals surface area contributed by atoms with Crippen molar-refractivity contribution in [3.8, 4) is 22.6 Å². The number of aliphatic hydroxyl groups is 3. The van der Waals surface area contributed by atoms with Gasteiger partial charge >= 0.3 is 0 Å². The van der Waals surface area contributed by atoms with Crippen LogP contribution in [0.1, 0.15) is 50.2 Å². The van der Waals surface area contributed by atoms with Gasteiger partial charge in [-0.15, -0.1) is 0 Å². The molecule has 260 valence electrons. The van der Waals surface area contributed by atoms with Crippen molar-refractivity contribution in [3.05, 3.63) is 94.6 Å². The molecule has 0 aliphatic heterocycles. The van der Waals surface area contributed by atoms with E-state index in [4.69, 9.17) is 9.47 Å². The minimum Gasteiger partial charge on any atom is -0.496 e. The van der Waals surface area contributed by atoms with Gasteiger partial charge in [-0.2, -0.15) is 0 Å². The fraction of sp³-hybridized carbons (Fsp3) is 0.333. The molecule has 0 saturated carbocycles. The summed E-state index contributed by atoms with van der Waals surface area (Å²) in [4.78, 5) is 35.2. The van der Waals surface area contributed by atoms with Crippen molar-refractivity contribution in [2.75, 3.05) is 44.7 Å². The van der Waals surface area contributed by atoms with Gasteiger partial charge in [-0.05, 0) is 55.2 Å². The van der Waals surface area contributed by atoms with Gasteiger partial charge in [-0.3, -0.25) is 19.6 Å². The Labute approximate surface area is 285 Å². The number of carbonyl (C=O) groups is 2. The Balaban J connectivity index is 1.51. The Morgan fingerprint density at radius 2 is 1.16 bits per heavy atom. The Morgan fingerprint density at radius 1 is 0.714 bits per heavy atom. The Morgan fingerprint density at radius 3 is 1.57 bits per heavy atom. The van der Waals surface area contributed by atoms with E-state index in [1.54, 1.807) is 24.4 Å². The lowest BCUT2D eigenvalue weighted by molar-refractivity contribution is 0.101. The van der Waals surface area contributed by atoms with Gasteiger partial charge in [-0.25, -0.2) is 0 Å². The number of aliphatic hydroxyl groups excluding tert-OH is 3. The number of nitrogens with zero attached hydrogens (tertiary/aromatic N) is 2. The molecule has 0 aliphatic carbocycles. The molecule has 0 fully saturated rings. The highest BCUT2D eigenvalue weighted by molar-refractivity contribution is 6.05. The van der Waals surface area contributed by atoms with Crippen LogP contribution in [0, 0.1) is 13.8 Å². The largest absolute Gasteiger partial charge is 0.496 e. The third-order valence-electron chi connectivity index (χ3n) is 8.18. The van der Waals surface area contributed by atoms with Gasteiger partial charge in [0.15, 0.2) is 0 Å². The minimum atomic E-state index is -0.488. The summed E-state index contributed by atoms with van der Waals surface area (Å²) in [5.41, 5.74) is 6.36. The van der Waals surface area contributed by atoms with Gasteiger partial charge in [0, 0.05) is 66.2 Å². The zero-order chi connectivity index (χ0) is 35.5. The van der Waals surface area contributed by atoms with E-state index in [-0.39, 0.29) is 43.8 Å². The van der Waals surface area contributed by atoms with E-state index in [2.05, 4.69) is 31.2 Å². The average Bonchev–Trinajstić information content (AvgIpc) is 3.12. The molecule has 13 nitrogen and oxygen atoms in total. The normalized spacial score (nSPS) is 11.7. The lowest BCUT2D eigenvalue weighted by Gasteiger charge is -2.17. The fourth-order valence-corrected chi connectivity index (χ4v) is 5.11. The van der Waals surface area contributed by atoms with Crippen LogP contribution in [0.4, 0.5) is 11.4 Å². The smallest absolute Gasteiger partial charge is 0.274 e. The zero-order valence-corrected chi connectivity index (χ0v) is 28.3. The first-order chi connectivity index (χ1) is 23.6. The van der Waals surface area contributed by atoms with Crippen LogP contribution in [0.3, 0.4) is 0 Å². The van der Waals surface area contributed by atoms with Gasteiger partial charge in [0.1, 0.15) is 22.9 Å². The first-order valence-corrected chi connectivity index (χ1v) is 15.8. The quantitative estimate of drug-likeness (QED) is 0.0927. The summed E-state index contributed by atoms with van der Waals surface area (Å²) in [6.45, 7) is 5.93. The van der Waals surface area contributed by atoms with Crippen LogP contribution < -0.4 is 30.7 Å². The van der Waals surface area contributed by atoms with E-state index >= 15 is 0 Å². The number of nitrogens with one attached hydrogen (secondary N) is 4. The monoisotopic (exact) mass is 672 g/mol. The molecular weight excluding hydrogens is 628 g/mol. The zero-order valence-electron chi connectivity index (χ0n) is 28.3. The molecule has 0 aliphatic rings. The van der Waals surface area contributed by atoms with Gasteiger partial charge in [-0.1, -0.05) is 24.3 Å². The molecule has 2 aromatic carbocycles. The first kappa shape index (κ1) is 36.9. The number of carbonyl (C=O) groups excluding carboxylic acids is 2. The third-order valence-corrected chi connectivity index (χ3v) is 8.18. The standard InChI is InChI=1S/C36H44N6O7/c1-21(18-43)37-14-24-16-39-31(12-33(24)48-4)35(46)41-29-10-6-8-27(22(29)2)28-9-7-11-30(23(28)3)42-36(47)32-13-34(49-5)25(17-40-32)15-38-26(19-44)20-45/h6-13,16-17,21,26,37-38,43-45H,14-15,18-20H2,1-5H3,(H,41,46)(H,42,47)/t21-/m0/s1. The number of ether oxygens (including phenoxy) is 2. The molecule has 0 bridgehead atoms. The Hall–Kier alpha value is -4.92. The number of aromatic nitrogens is 2. The van der Waals surface area contributed by atoms with Gasteiger partial charge in [0.05, 0.1) is 40.1 Å². The molecule has 0 spiro atoms. The molecule has 0 saturated heterocycles. The molecular formula is C36H44N6O7. The Bertz CT molecular complexity index is 1760. The lowest BCUT2D eigenvalue weighted by atomic mass is 9.94. The summed E-state index contributed by atoms with van der Waals surface area (Å²) < 4.78 is 11.0. The second-order valence-electron chi connectivity index (χ2n) is 11.5. The Kier molecular flexibility index (Phi) is 13.2. The summed E-state index contributed by atoms with van der Waals surface area (Å²) in [6.07, 6.45) is 3.11. The van der Waals surface area contributed by atoms with E-state index in [0.717, 1.165) is 27.8 Å². The van der Waals surface area contributed by atoms with Crippen molar-refractivity contribution >= 4 is 23.2 Å². The number of amides is 2. The maximum absolute atomic E-state index is 13.3. The van der Waals surface area contributed by atoms with E-state index in [1.807, 2.05) is 51.1 Å². The molecule has 4 aromatic rings. The molecule has 49 heavy (non-hydrogen) atoms. The van der Waals surface area contributed by atoms with Gasteiger partial charge in [0.25, 0.3) is 11.8 Å². The van der Waals surface area contributed by atoms with Crippen molar-refractivity contribution in [2.24, 2.45) is 0 Å². The summed E-state index contributed by atoms with van der Waals surface area (Å²) in [5.74, 6) is 0.128. The number of rotatable bonds is 16. The average molecular weight is 673 g/mol. The molecule has 2 amide bonds. The first-order valence-electron chi connectivity index (χ1n) is 15.8. The number of methoxy groups -OCH3 is 2. The molecule has 1 atom stereocenters. The van der Waals surface area contributed by atoms with Crippen molar-refractivity contribution in [3.63, 3.8) is 0 Å². The van der Waals surface area contributed by atoms with Crippen LogP contribution in [-0.2, 0) is 13.1 Å². The summed E-state index contributed by atoms with van der Waals surface area (Å²) >= 11 is 0. The van der Waals surface area contributed by atoms with E-state index in [0.29, 0.717) is 35.0 Å². The van der Waals surface area contributed by atoms with E-state index in [1.165, 1.54) is 20.4 Å². The number of anilines is 2. The van der Waals surface area contributed by atoms with E-state index in [9.17, 15) is 24.9 Å². The fourth-order valence-electron chi connectivity index (χ4n) is 5.11. The molecule has 13 heteroatoms. The van der Waals surface area contributed by atoms with Crippen molar-refractivity contribution in [1.82, 2.24) is 20.6 Å². The number of hydrogen-bond donors (Lipinski definition) is 7. The SMILES string of the molecule is COc1cc(C(=O)Nc2cccc(-c3cccc(NC(=O)c4cc(OC)c(CN[C@@H](C)CO)cn4)c3C)c2C)ncc1CNC(CO)CO. The van der Waals surface area contributed by atoms with Crippen LogP contribution in [0.2, 0.25) is 0 Å². The maximum Gasteiger partial charge on any atom is 0.274 e. The molecule has 2 aromatic heterocycles. The minimum absolute atomic E-state index is 0.00527. The summed E-state index contributed by atoms with van der Waals surface area (Å²) in [5, 5.41) is 40.0. The molecule has 2 heterocycles. The topological polar surface area (TPSA) is 187 Å². The number of pyridine rings is 2. The number of benzene rings is 2. The van der Waals surface area contributed by atoms with Crippen molar-refractivity contribution in [1.29, 1.82) is 0 Å². The highest BCUT2D eigenvalue weighted by atomic mass is 16.5. The molecule has 7 N–H and O–H groups in total. The van der Waals surface area contributed by atoms with Crippen molar-refractivity contribution in [2.45, 2.75) is 45.9 Å². The highest BCUT2D eigenvalue weighted by Gasteiger charge is 2.18. The summed E-state index contributed by atoms with van der Waals surface area (Å²) in [7, 11) is 3.02. The van der Waals surface area contributed by atoms with Crippen molar-refractivity contribution < 1.29 is 34.4 Å². The van der Waals surface area contributed by atoms with Gasteiger partial charge in [0.2, 0.25) is 0 Å². The van der Waals surface area contributed by atoms with E-state index < -0.39 is 17.9 Å². The molecule has 0 radical (unpaired) electrons. The molecule has 0 unspecified atom stereocenters. The van der Waals surface area contributed by atoms with Crippen LogP contribution >= 0.6 is 0 Å². The third kappa shape index (κ3) is 9.16. The van der Waals surface area contributed by atoms with Gasteiger partial charge < -0.3 is 46.1 Å². The predicted molar refractivity (Wildman–Crippen MR) is 187 cm³/mol. The lowest BCUT2D eigenvalue weighted by Crippen LogP contribution is -2.35.